The largest absolute Gasteiger partial charge is 0.344 e. The van der Waals surface area contributed by atoms with Crippen molar-refractivity contribution >= 4 is 39.8 Å². The van der Waals surface area contributed by atoms with E-state index in [0.717, 1.165) is 16.0 Å². The van der Waals surface area contributed by atoms with Gasteiger partial charge in [-0.05, 0) is 26.3 Å². The Morgan fingerprint density at radius 3 is 2.43 bits per heavy atom. The van der Waals surface area contributed by atoms with Crippen LogP contribution in [0.15, 0.2) is 0 Å². The number of anilines is 1. The Balaban J connectivity index is 2.35. The minimum absolute atomic E-state index is 0.180. The van der Waals surface area contributed by atoms with Crippen LogP contribution in [0.2, 0.25) is 5.02 Å². The zero-order chi connectivity index (χ0) is 21.3. The monoisotopic (exact) mass is 429 g/mol. The molecule has 2 aromatic rings. The molecular formula is C17H18ClF2N5O2S. The summed E-state index contributed by atoms with van der Waals surface area (Å²) in [5, 5.41) is 15.8. The molecule has 0 bridgehead atoms. The quantitative estimate of drug-likeness (QED) is 0.779. The van der Waals surface area contributed by atoms with E-state index in [1.165, 1.54) is 18.7 Å². The van der Waals surface area contributed by atoms with E-state index in [-0.39, 0.29) is 27.2 Å². The number of alkyl halides is 2. The molecule has 0 radical (unpaired) electrons. The molecule has 2 heterocycles. The molecule has 28 heavy (non-hydrogen) atoms. The molecule has 2 amide bonds. The van der Waals surface area contributed by atoms with Crippen LogP contribution in [0.3, 0.4) is 0 Å². The molecule has 0 aliphatic rings. The van der Waals surface area contributed by atoms with Crippen molar-refractivity contribution in [2.75, 3.05) is 19.4 Å². The molecule has 0 aliphatic heterocycles. The van der Waals surface area contributed by atoms with Gasteiger partial charge in [0.1, 0.15) is 22.8 Å². The molecule has 0 spiro atoms. The first kappa shape index (κ1) is 21.8. The lowest BCUT2D eigenvalue weighted by Gasteiger charge is -2.14. The number of carbonyl (C=O) groups is 2. The van der Waals surface area contributed by atoms with E-state index in [1.54, 1.807) is 21.0 Å². The summed E-state index contributed by atoms with van der Waals surface area (Å²) in [6.45, 7) is 4.57. The number of thiophene rings is 1. The van der Waals surface area contributed by atoms with Crippen molar-refractivity contribution in [2.45, 2.75) is 33.2 Å². The number of hydrogen-bond acceptors (Lipinski definition) is 5. The van der Waals surface area contributed by atoms with Crippen molar-refractivity contribution < 1.29 is 18.4 Å². The van der Waals surface area contributed by atoms with Crippen molar-refractivity contribution in [2.24, 2.45) is 0 Å². The van der Waals surface area contributed by atoms with Gasteiger partial charge in [0.25, 0.3) is 12.3 Å². The summed E-state index contributed by atoms with van der Waals surface area (Å²) in [5.74, 6) is -0.867. The Kier molecular flexibility index (Phi) is 6.41. The van der Waals surface area contributed by atoms with Crippen LogP contribution in [0.4, 0.5) is 13.8 Å². The predicted molar refractivity (Wildman–Crippen MR) is 102 cm³/mol. The lowest BCUT2D eigenvalue weighted by molar-refractivity contribution is -0.119. The Hall–Kier alpha value is -2.51. The van der Waals surface area contributed by atoms with Gasteiger partial charge < -0.3 is 10.2 Å². The molecule has 0 unspecified atom stereocenters. The zero-order valence-corrected chi connectivity index (χ0v) is 17.4. The van der Waals surface area contributed by atoms with E-state index in [1.807, 2.05) is 6.07 Å². The van der Waals surface area contributed by atoms with Gasteiger partial charge in [0.05, 0.1) is 21.2 Å². The van der Waals surface area contributed by atoms with Crippen molar-refractivity contribution in [3.05, 3.63) is 32.4 Å². The van der Waals surface area contributed by atoms with E-state index in [2.05, 4.69) is 10.4 Å². The number of nitrogens with zero attached hydrogens (tertiary/aromatic N) is 4. The summed E-state index contributed by atoms with van der Waals surface area (Å²) in [6, 6.07) is 1.02. The van der Waals surface area contributed by atoms with E-state index in [9.17, 15) is 23.6 Å². The SMILES string of the molecule is Cc1c(C(=O)N(C)C)sc(NC(=O)[C@@H](C)n2nc(C(F)F)c(Cl)c2C)c1C#N. The summed E-state index contributed by atoms with van der Waals surface area (Å²) in [4.78, 5) is 26.6. The number of nitrogens with one attached hydrogen (secondary N) is 1. The molecule has 150 valence electrons. The number of aromatic nitrogens is 2. The lowest BCUT2D eigenvalue weighted by atomic mass is 10.1. The maximum absolute atomic E-state index is 13.0. The van der Waals surface area contributed by atoms with E-state index in [4.69, 9.17) is 11.6 Å². The summed E-state index contributed by atoms with van der Waals surface area (Å²) >= 11 is 6.86. The highest BCUT2D eigenvalue weighted by molar-refractivity contribution is 7.18. The normalized spacial score (nSPS) is 12.0. The van der Waals surface area contributed by atoms with Gasteiger partial charge in [-0.2, -0.15) is 10.4 Å². The fourth-order valence-electron chi connectivity index (χ4n) is 2.51. The van der Waals surface area contributed by atoms with E-state index < -0.39 is 24.1 Å². The molecule has 11 heteroatoms. The average Bonchev–Trinajstić information content (AvgIpc) is 3.10. The Bertz CT molecular complexity index is 977. The van der Waals surface area contributed by atoms with Crippen LogP contribution in [-0.2, 0) is 4.79 Å². The molecule has 1 N–H and O–H groups in total. The van der Waals surface area contributed by atoms with Gasteiger partial charge in [-0.3, -0.25) is 14.3 Å². The molecule has 0 aromatic carbocycles. The minimum atomic E-state index is -2.87. The fourth-order valence-corrected chi connectivity index (χ4v) is 3.90. The molecule has 2 rings (SSSR count). The first-order chi connectivity index (χ1) is 13.0. The number of hydrogen-bond donors (Lipinski definition) is 1. The Labute approximate surface area is 169 Å². The minimum Gasteiger partial charge on any atom is -0.344 e. The van der Waals surface area contributed by atoms with E-state index >= 15 is 0 Å². The van der Waals surface area contributed by atoms with Crippen molar-refractivity contribution in [1.82, 2.24) is 14.7 Å². The third-order valence-corrected chi connectivity index (χ3v) is 5.81. The van der Waals surface area contributed by atoms with Crippen LogP contribution in [-0.4, -0.2) is 40.6 Å². The maximum Gasteiger partial charge on any atom is 0.283 e. The third-order valence-electron chi connectivity index (χ3n) is 4.15. The first-order valence-corrected chi connectivity index (χ1v) is 9.29. The highest BCUT2D eigenvalue weighted by Crippen LogP contribution is 2.34. The van der Waals surface area contributed by atoms with Crippen LogP contribution in [0.5, 0.6) is 0 Å². The molecule has 7 nitrogen and oxygen atoms in total. The van der Waals surface area contributed by atoms with Gasteiger partial charge in [-0.15, -0.1) is 11.3 Å². The van der Waals surface area contributed by atoms with Crippen molar-refractivity contribution in [1.29, 1.82) is 5.26 Å². The second kappa shape index (κ2) is 8.24. The van der Waals surface area contributed by atoms with Crippen LogP contribution in [0.1, 0.15) is 51.6 Å². The summed E-state index contributed by atoms with van der Waals surface area (Å²) < 4.78 is 27.1. The van der Waals surface area contributed by atoms with Crippen LogP contribution >= 0.6 is 22.9 Å². The molecule has 0 aliphatic carbocycles. The first-order valence-electron chi connectivity index (χ1n) is 8.09. The van der Waals surface area contributed by atoms with Gasteiger partial charge in [-0.25, -0.2) is 8.78 Å². The van der Waals surface area contributed by atoms with Gasteiger partial charge in [0.2, 0.25) is 5.91 Å². The van der Waals surface area contributed by atoms with Crippen molar-refractivity contribution in [3.8, 4) is 6.07 Å². The number of amides is 2. The standard InChI is InChI=1S/C17H18ClF2N5O2S/c1-7-10(6-21)16(28-13(7)17(27)24(4)5)22-15(26)9(3)25-8(2)11(18)12(23-25)14(19)20/h9,14H,1-5H3,(H,22,26)/t9-/m1/s1. The fraction of sp³-hybridized carbons (Fsp3) is 0.412. The smallest absolute Gasteiger partial charge is 0.283 e. The maximum atomic E-state index is 13.0. The predicted octanol–water partition coefficient (Wildman–Crippen LogP) is 3.93. The Morgan fingerprint density at radius 1 is 1.36 bits per heavy atom. The van der Waals surface area contributed by atoms with Gasteiger partial charge >= 0.3 is 0 Å². The van der Waals surface area contributed by atoms with Crippen LogP contribution < -0.4 is 5.32 Å². The van der Waals surface area contributed by atoms with Gasteiger partial charge in [0.15, 0.2) is 0 Å². The van der Waals surface area contributed by atoms with Crippen molar-refractivity contribution in [3.63, 3.8) is 0 Å². The van der Waals surface area contributed by atoms with Crippen LogP contribution in [0, 0.1) is 25.2 Å². The van der Waals surface area contributed by atoms with Gasteiger partial charge in [0, 0.05) is 14.1 Å². The average molecular weight is 430 g/mol. The number of nitriles is 1. The second-order valence-electron chi connectivity index (χ2n) is 6.27. The number of carbonyl (C=O) groups excluding carboxylic acids is 2. The number of rotatable bonds is 5. The second-order valence-corrected chi connectivity index (χ2v) is 7.67. The number of halogens is 3. The molecule has 0 saturated carbocycles. The van der Waals surface area contributed by atoms with Crippen LogP contribution in [0.25, 0.3) is 0 Å². The lowest BCUT2D eigenvalue weighted by Crippen LogP contribution is -2.25. The van der Waals surface area contributed by atoms with E-state index in [0.29, 0.717) is 10.4 Å². The molecule has 0 fully saturated rings. The molecule has 0 saturated heterocycles. The Morgan fingerprint density at radius 2 is 1.96 bits per heavy atom. The zero-order valence-electron chi connectivity index (χ0n) is 15.8. The highest BCUT2D eigenvalue weighted by atomic mass is 35.5. The van der Waals surface area contributed by atoms with Gasteiger partial charge in [-0.1, -0.05) is 11.6 Å². The molecule has 1 atom stereocenters. The summed E-state index contributed by atoms with van der Waals surface area (Å²) in [5.41, 5.74) is 0.278. The highest BCUT2D eigenvalue weighted by Gasteiger charge is 2.28. The topological polar surface area (TPSA) is 91.0 Å². The summed E-state index contributed by atoms with van der Waals surface area (Å²) in [7, 11) is 3.16. The third kappa shape index (κ3) is 3.86. The molecular weight excluding hydrogens is 412 g/mol. The molecule has 2 aromatic heterocycles. The summed E-state index contributed by atoms with van der Waals surface area (Å²) in [6.07, 6.45) is -2.87.